The van der Waals surface area contributed by atoms with Gasteiger partial charge in [-0.15, -0.1) is 11.3 Å². The zero-order chi connectivity index (χ0) is 13.1. The van der Waals surface area contributed by atoms with Crippen LogP contribution in [-0.2, 0) is 0 Å². The van der Waals surface area contributed by atoms with Crippen LogP contribution in [0.2, 0.25) is 0 Å². The number of thiophene rings is 1. The molecular formula is C13H9N3O2S. The molecule has 0 aliphatic rings. The summed E-state index contributed by atoms with van der Waals surface area (Å²) in [4.78, 5) is 20.9. The van der Waals surface area contributed by atoms with Crippen LogP contribution in [-0.4, -0.2) is 16.1 Å². The summed E-state index contributed by atoms with van der Waals surface area (Å²) in [5.41, 5.74) is 1.27. The fourth-order valence-corrected chi connectivity index (χ4v) is 2.38. The molecule has 0 aliphatic heterocycles. The number of hydrogen-bond donors (Lipinski definition) is 1. The van der Waals surface area contributed by atoms with E-state index in [-0.39, 0.29) is 0 Å². The van der Waals surface area contributed by atoms with Gasteiger partial charge in [-0.05, 0) is 12.1 Å². The Hall–Kier alpha value is -2.47. The van der Waals surface area contributed by atoms with Gasteiger partial charge >= 0.3 is 6.09 Å². The fraction of sp³-hybridized carbons (Fsp3) is 0. The number of nitrogens with zero attached hydrogens (tertiary/aromatic N) is 2. The van der Waals surface area contributed by atoms with Crippen LogP contribution in [0.3, 0.4) is 0 Å². The van der Waals surface area contributed by atoms with Crippen LogP contribution in [0.5, 0.6) is 5.75 Å². The summed E-state index contributed by atoms with van der Waals surface area (Å²) in [5, 5.41) is 4.45. The second-order valence-electron chi connectivity index (χ2n) is 3.69. The lowest BCUT2D eigenvalue weighted by Crippen LogP contribution is -2.16. The molecule has 0 aliphatic carbocycles. The first-order valence-corrected chi connectivity index (χ1v) is 6.43. The van der Waals surface area contributed by atoms with Crippen molar-refractivity contribution in [3.63, 3.8) is 0 Å². The highest BCUT2D eigenvalue weighted by molar-refractivity contribution is 7.17. The van der Waals surface area contributed by atoms with Gasteiger partial charge in [-0.3, -0.25) is 5.32 Å². The van der Waals surface area contributed by atoms with Crippen LogP contribution in [0, 0.1) is 0 Å². The molecule has 1 N–H and O–H groups in total. The standard InChI is InChI=1S/C13H9N3O2S/c17-13(18-9-4-2-1-3-5-9)16-10-8-19-12-11(10)14-6-7-15-12/h1-8H,(H,16,17). The number of ether oxygens (including phenoxy) is 1. The van der Waals surface area contributed by atoms with Crippen LogP contribution < -0.4 is 10.1 Å². The van der Waals surface area contributed by atoms with Gasteiger partial charge in [0.2, 0.25) is 0 Å². The third-order valence-electron chi connectivity index (χ3n) is 2.40. The molecular weight excluding hydrogens is 262 g/mol. The largest absolute Gasteiger partial charge is 0.417 e. The lowest BCUT2D eigenvalue weighted by atomic mass is 10.3. The maximum atomic E-state index is 11.7. The molecule has 2 heterocycles. The number of aromatic nitrogens is 2. The number of carbonyl (C=O) groups is 1. The van der Waals surface area contributed by atoms with Gasteiger partial charge in [0, 0.05) is 17.8 Å². The van der Waals surface area contributed by atoms with Crippen molar-refractivity contribution in [3.05, 3.63) is 48.1 Å². The van der Waals surface area contributed by atoms with Crippen molar-refractivity contribution in [2.75, 3.05) is 5.32 Å². The van der Waals surface area contributed by atoms with E-state index in [9.17, 15) is 4.79 Å². The third kappa shape index (κ3) is 2.53. The Kier molecular flexibility index (Phi) is 3.07. The topological polar surface area (TPSA) is 64.1 Å². The number of rotatable bonds is 2. The van der Waals surface area contributed by atoms with Crippen molar-refractivity contribution in [2.24, 2.45) is 0 Å². The monoisotopic (exact) mass is 271 g/mol. The van der Waals surface area contributed by atoms with E-state index in [1.807, 2.05) is 6.07 Å². The minimum absolute atomic E-state index is 0.491. The molecule has 2 aromatic heterocycles. The molecule has 5 nitrogen and oxygen atoms in total. The third-order valence-corrected chi connectivity index (χ3v) is 3.27. The van der Waals surface area contributed by atoms with E-state index in [0.717, 1.165) is 4.83 Å². The molecule has 19 heavy (non-hydrogen) atoms. The van der Waals surface area contributed by atoms with Gasteiger partial charge in [0.15, 0.2) is 0 Å². The highest BCUT2D eigenvalue weighted by atomic mass is 32.1. The predicted molar refractivity (Wildman–Crippen MR) is 73.5 cm³/mol. The van der Waals surface area contributed by atoms with Crippen LogP contribution >= 0.6 is 11.3 Å². The zero-order valence-corrected chi connectivity index (χ0v) is 10.6. The number of anilines is 1. The van der Waals surface area contributed by atoms with Crippen molar-refractivity contribution in [1.82, 2.24) is 9.97 Å². The fourth-order valence-electron chi connectivity index (χ4n) is 1.59. The zero-order valence-electron chi connectivity index (χ0n) is 9.74. The van der Waals surface area contributed by atoms with Gasteiger partial charge < -0.3 is 4.74 Å². The summed E-state index contributed by atoms with van der Waals surface area (Å²) in [6.07, 6.45) is 2.66. The first-order chi connectivity index (χ1) is 9.33. The first-order valence-electron chi connectivity index (χ1n) is 5.55. The van der Waals surface area contributed by atoms with E-state index in [1.165, 1.54) is 11.3 Å². The van der Waals surface area contributed by atoms with Crippen LogP contribution in [0.4, 0.5) is 10.5 Å². The predicted octanol–water partition coefficient (Wildman–Crippen LogP) is 3.30. The molecule has 0 unspecified atom stereocenters. The molecule has 94 valence electrons. The lowest BCUT2D eigenvalue weighted by molar-refractivity contribution is 0.215. The SMILES string of the molecule is O=C(Nc1csc2nccnc12)Oc1ccccc1. The van der Waals surface area contributed by atoms with E-state index < -0.39 is 6.09 Å². The second-order valence-corrected chi connectivity index (χ2v) is 4.55. The van der Waals surface area contributed by atoms with Crippen LogP contribution in [0.25, 0.3) is 10.3 Å². The molecule has 0 saturated carbocycles. The molecule has 1 aromatic carbocycles. The molecule has 0 radical (unpaired) electrons. The lowest BCUT2D eigenvalue weighted by Gasteiger charge is -2.04. The van der Waals surface area contributed by atoms with Gasteiger partial charge in [0.1, 0.15) is 16.1 Å². The summed E-state index contributed by atoms with van der Waals surface area (Å²) in [7, 11) is 0. The van der Waals surface area contributed by atoms with Crippen LogP contribution in [0.15, 0.2) is 48.1 Å². The van der Waals surface area contributed by atoms with Gasteiger partial charge in [0.05, 0.1) is 5.69 Å². The summed E-state index contributed by atoms with van der Waals surface area (Å²) in [5.74, 6) is 0.491. The molecule has 1 amide bonds. The molecule has 3 aromatic rings. The minimum Gasteiger partial charge on any atom is -0.410 e. The number of hydrogen-bond acceptors (Lipinski definition) is 5. The molecule has 0 saturated heterocycles. The number of carbonyl (C=O) groups excluding carboxylic acids is 1. The average molecular weight is 271 g/mol. The quantitative estimate of drug-likeness (QED) is 0.776. The van der Waals surface area contributed by atoms with E-state index >= 15 is 0 Å². The van der Waals surface area contributed by atoms with Crippen molar-refractivity contribution >= 4 is 33.5 Å². The van der Waals surface area contributed by atoms with E-state index in [4.69, 9.17) is 4.74 Å². The van der Waals surface area contributed by atoms with Crippen molar-refractivity contribution in [3.8, 4) is 5.75 Å². The van der Waals surface area contributed by atoms with Crippen molar-refractivity contribution in [1.29, 1.82) is 0 Å². The summed E-state index contributed by atoms with van der Waals surface area (Å²) >= 11 is 1.42. The Bertz CT molecular complexity index is 712. The summed E-state index contributed by atoms with van der Waals surface area (Å²) < 4.78 is 5.14. The van der Waals surface area contributed by atoms with Gasteiger partial charge in [-0.25, -0.2) is 14.8 Å². The average Bonchev–Trinajstić information content (AvgIpc) is 2.83. The Balaban J connectivity index is 1.76. The molecule has 0 spiro atoms. The number of para-hydroxylation sites is 1. The number of fused-ring (bicyclic) bond motifs is 1. The van der Waals surface area contributed by atoms with Crippen molar-refractivity contribution < 1.29 is 9.53 Å². The van der Waals surface area contributed by atoms with Gasteiger partial charge in [-0.2, -0.15) is 0 Å². The van der Waals surface area contributed by atoms with Crippen LogP contribution in [0.1, 0.15) is 0 Å². The Morgan fingerprint density at radius 2 is 1.95 bits per heavy atom. The maximum absolute atomic E-state index is 11.7. The summed E-state index contributed by atoms with van der Waals surface area (Å²) in [6, 6.07) is 8.88. The molecule has 3 rings (SSSR count). The number of amides is 1. The molecule has 6 heteroatoms. The van der Waals surface area contributed by atoms with Gasteiger partial charge in [-0.1, -0.05) is 18.2 Å². The maximum Gasteiger partial charge on any atom is 0.417 e. The van der Waals surface area contributed by atoms with Crippen molar-refractivity contribution in [2.45, 2.75) is 0 Å². The number of nitrogens with one attached hydrogen (secondary N) is 1. The highest BCUT2D eigenvalue weighted by Gasteiger charge is 2.10. The first kappa shape index (κ1) is 11.6. The molecule has 0 atom stereocenters. The Morgan fingerprint density at radius 1 is 1.16 bits per heavy atom. The van der Waals surface area contributed by atoms with E-state index in [2.05, 4.69) is 15.3 Å². The summed E-state index contributed by atoms with van der Waals surface area (Å²) in [6.45, 7) is 0. The minimum atomic E-state index is -0.545. The van der Waals surface area contributed by atoms with E-state index in [1.54, 1.807) is 42.0 Å². The van der Waals surface area contributed by atoms with Gasteiger partial charge in [0.25, 0.3) is 0 Å². The molecule has 0 bridgehead atoms. The normalized spacial score (nSPS) is 10.3. The smallest absolute Gasteiger partial charge is 0.410 e. The second kappa shape index (κ2) is 5.03. The molecule has 0 fully saturated rings. The Labute approximate surface area is 112 Å². The Morgan fingerprint density at radius 3 is 2.79 bits per heavy atom. The van der Waals surface area contributed by atoms with E-state index in [0.29, 0.717) is 17.0 Å². The number of benzene rings is 1. The highest BCUT2D eigenvalue weighted by Crippen LogP contribution is 2.26.